The molecule has 2 heterocycles. The molecule has 5 rings (SSSR count). The number of hydrogen-bond donors (Lipinski definition) is 0. The fraction of sp³-hybridized carbons (Fsp3) is 0.483. The lowest BCUT2D eigenvalue weighted by molar-refractivity contribution is -0.132. The molecule has 0 spiro atoms. The third-order valence-electron chi connectivity index (χ3n) is 7.43. The molecule has 1 aliphatic heterocycles. The van der Waals surface area contributed by atoms with Gasteiger partial charge >= 0.3 is 0 Å². The average molecular weight is 489 g/mol. The Morgan fingerprint density at radius 2 is 1.69 bits per heavy atom. The molecule has 35 heavy (non-hydrogen) atoms. The van der Waals surface area contributed by atoms with Crippen LogP contribution in [0, 0.1) is 10.8 Å². The van der Waals surface area contributed by atoms with Crippen molar-refractivity contribution in [3.8, 4) is 17.1 Å². The Morgan fingerprint density at radius 1 is 0.971 bits per heavy atom. The fourth-order valence-electron chi connectivity index (χ4n) is 6.38. The molecule has 2 aromatic carbocycles. The van der Waals surface area contributed by atoms with Gasteiger partial charge in [-0.05, 0) is 55.1 Å². The van der Waals surface area contributed by atoms with E-state index in [9.17, 15) is 4.79 Å². The summed E-state index contributed by atoms with van der Waals surface area (Å²) in [7, 11) is 0. The molecule has 1 aliphatic carbocycles. The second-order valence-electron chi connectivity index (χ2n) is 11.4. The van der Waals surface area contributed by atoms with Gasteiger partial charge in [0, 0.05) is 36.0 Å². The Morgan fingerprint density at radius 3 is 2.43 bits per heavy atom. The summed E-state index contributed by atoms with van der Waals surface area (Å²) < 4.78 is 2.14. The van der Waals surface area contributed by atoms with Crippen LogP contribution in [-0.4, -0.2) is 43.9 Å². The summed E-state index contributed by atoms with van der Waals surface area (Å²) in [5.74, 6) is 2.12. The number of rotatable bonds is 8. The van der Waals surface area contributed by atoms with Crippen LogP contribution >= 0.6 is 11.8 Å². The lowest BCUT2D eigenvalue weighted by Crippen LogP contribution is -2.37. The van der Waals surface area contributed by atoms with E-state index in [-0.39, 0.29) is 0 Å². The van der Waals surface area contributed by atoms with Gasteiger partial charge in [0.25, 0.3) is 0 Å². The maximum Gasteiger partial charge on any atom is 0.222 e. The Balaban J connectivity index is 1.18. The Hall–Kier alpha value is -2.60. The predicted octanol–water partition coefficient (Wildman–Crippen LogP) is 6.62. The molecule has 1 saturated carbocycles. The van der Waals surface area contributed by atoms with Crippen LogP contribution in [0.15, 0.2) is 65.8 Å². The number of hydrogen-bond acceptors (Lipinski definition) is 4. The number of nitrogens with zero attached hydrogens (tertiary/aromatic N) is 4. The van der Waals surface area contributed by atoms with Gasteiger partial charge in [0.05, 0.1) is 0 Å². The van der Waals surface area contributed by atoms with Crippen molar-refractivity contribution in [1.29, 1.82) is 0 Å². The van der Waals surface area contributed by atoms with E-state index in [2.05, 4.69) is 64.7 Å². The Kier molecular flexibility index (Phi) is 6.75. The number of amides is 1. The maximum absolute atomic E-state index is 13.1. The summed E-state index contributed by atoms with van der Waals surface area (Å²) in [6, 6.07) is 20.9. The smallest absolute Gasteiger partial charge is 0.222 e. The zero-order valence-electron chi connectivity index (χ0n) is 21.1. The second-order valence-corrected chi connectivity index (χ2v) is 12.4. The highest BCUT2D eigenvalue weighted by molar-refractivity contribution is 7.99. The summed E-state index contributed by atoms with van der Waals surface area (Å²) in [4.78, 5) is 15.3. The van der Waals surface area contributed by atoms with Gasteiger partial charge in [-0.2, -0.15) is 0 Å². The van der Waals surface area contributed by atoms with Gasteiger partial charge in [-0.3, -0.25) is 9.36 Å². The highest BCUT2D eigenvalue weighted by atomic mass is 32.2. The summed E-state index contributed by atoms with van der Waals surface area (Å²) in [6.45, 7) is 8.04. The molecule has 1 aromatic heterocycles. The minimum absolute atomic E-state index is 0.301. The first-order valence-corrected chi connectivity index (χ1v) is 13.8. The number of carbonyl (C=O) groups excluding carboxylic acids is 1. The van der Waals surface area contributed by atoms with Crippen molar-refractivity contribution in [2.75, 3.05) is 12.3 Å². The van der Waals surface area contributed by atoms with Gasteiger partial charge in [0.1, 0.15) is 0 Å². The number of thioether (sulfide) groups is 1. The lowest BCUT2D eigenvalue weighted by Gasteiger charge is -2.39. The van der Waals surface area contributed by atoms with E-state index in [0.717, 1.165) is 53.8 Å². The molecule has 2 fully saturated rings. The number of likely N-dealkylation sites (tertiary alicyclic amines) is 1. The van der Waals surface area contributed by atoms with Crippen molar-refractivity contribution in [3.05, 3.63) is 60.7 Å². The molecule has 3 aromatic rings. The van der Waals surface area contributed by atoms with Crippen molar-refractivity contribution in [3.63, 3.8) is 0 Å². The normalized spacial score (nSPS) is 22.9. The monoisotopic (exact) mass is 488 g/mol. The summed E-state index contributed by atoms with van der Waals surface area (Å²) >= 11 is 1.72. The van der Waals surface area contributed by atoms with Gasteiger partial charge in [0.15, 0.2) is 11.0 Å². The molecular formula is C29H36N4OS. The minimum Gasteiger partial charge on any atom is -0.339 e. The Labute approximate surface area is 213 Å². The maximum atomic E-state index is 13.1. The standard InChI is InChI=1S/C29H36N4OS/c1-28(2)18-24-19-29(3,20-28)21-32(24)25(34)16-10-11-17-35-27-31-30-26(22-12-6-4-7-13-22)33(27)23-14-8-5-9-15-23/h4-9,12-15,24H,10-11,16-21H2,1-3H3. The van der Waals surface area contributed by atoms with Crippen LogP contribution in [0.2, 0.25) is 0 Å². The van der Waals surface area contributed by atoms with E-state index < -0.39 is 0 Å². The third kappa shape index (κ3) is 5.32. The zero-order chi connectivity index (χ0) is 24.5. The number of fused-ring (bicyclic) bond motifs is 2. The molecule has 2 atom stereocenters. The van der Waals surface area contributed by atoms with Crippen LogP contribution in [0.5, 0.6) is 0 Å². The first-order valence-electron chi connectivity index (χ1n) is 12.8. The molecule has 2 unspecified atom stereocenters. The van der Waals surface area contributed by atoms with E-state index in [1.54, 1.807) is 11.8 Å². The summed E-state index contributed by atoms with van der Waals surface area (Å²) in [6.07, 6.45) is 6.10. The molecule has 6 heteroatoms. The van der Waals surface area contributed by atoms with Gasteiger partial charge in [-0.25, -0.2) is 0 Å². The largest absolute Gasteiger partial charge is 0.339 e. The summed E-state index contributed by atoms with van der Waals surface area (Å²) in [5, 5.41) is 9.94. The first-order chi connectivity index (χ1) is 16.8. The molecule has 0 radical (unpaired) electrons. The minimum atomic E-state index is 0.301. The van der Waals surface area contributed by atoms with Crippen LogP contribution < -0.4 is 0 Å². The van der Waals surface area contributed by atoms with E-state index >= 15 is 0 Å². The molecule has 2 bridgehead atoms. The molecule has 0 N–H and O–H groups in total. The fourth-order valence-corrected chi connectivity index (χ4v) is 7.33. The summed E-state index contributed by atoms with van der Waals surface area (Å²) in [5.41, 5.74) is 2.76. The number of unbranched alkanes of at least 4 members (excludes halogenated alkanes) is 1. The molecule has 1 amide bonds. The average Bonchev–Trinajstić information content (AvgIpc) is 3.37. The topological polar surface area (TPSA) is 51.0 Å². The molecular weight excluding hydrogens is 452 g/mol. The van der Waals surface area contributed by atoms with Crippen LogP contribution in [0.4, 0.5) is 0 Å². The quantitative estimate of drug-likeness (QED) is 0.264. The number of benzene rings is 2. The SMILES string of the molecule is CC1(C)CC2CC(C)(CN2C(=O)CCCCSc2nnc(-c3ccccc3)n2-c2ccccc2)C1. The predicted molar refractivity (Wildman–Crippen MR) is 143 cm³/mol. The van der Waals surface area contributed by atoms with Crippen LogP contribution in [0.3, 0.4) is 0 Å². The Bertz CT molecular complexity index is 1160. The van der Waals surface area contributed by atoms with Gasteiger partial charge in [0.2, 0.25) is 5.91 Å². The third-order valence-corrected chi connectivity index (χ3v) is 8.45. The second kappa shape index (κ2) is 9.81. The van der Waals surface area contributed by atoms with E-state index in [1.165, 1.54) is 12.8 Å². The zero-order valence-corrected chi connectivity index (χ0v) is 21.9. The van der Waals surface area contributed by atoms with Crippen LogP contribution in [0.25, 0.3) is 17.1 Å². The highest BCUT2D eigenvalue weighted by Gasteiger charge is 2.50. The highest BCUT2D eigenvalue weighted by Crippen LogP contribution is 2.52. The number of aromatic nitrogens is 3. The molecule has 5 nitrogen and oxygen atoms in total. The van der Waals surface area contributed by atoms with Crippen molar-refractivity contribution < 1.29 is 4.79 Å². The van der Waals surface area contributed by atoms with E-state index in [4.69, 9.17) is 0 Å². The van der Waals surface area contributed by atoms with E-state index in [1.807, 2.05) is 36.4 Å². The van der Waals surface area contributed by atoms with Crippen molar-refractivity contribution in [1.82, 2.24) is 19.7 Å². The first kappa shape index (κ1) is 24.1. The molecule has 1 saturated heterocycles. The van der Waals surface area contributed by atoms with Gasteiger partial charge < -0.3 is 4.90 Å². The lowest BCUT2D eigenvalue weighted by atomic mass is 9.65. The van der Waals surface area contributed by atoms with Gasteiger partial charge in [-0.1, -0.05) is 81.1 Å². The van der Waals surface area contributed by atoms with Crippen molar-refractivity contribution >= 4 is 17.7 Å². The van der Waals surface area contributed by atoms with E-state index in [0.29, 0.717) is 29.2 Å². The van der Waals surface area contributed by atoms with Crippen molar-refractivity contribution in [2.45, 2.75) is 70.5 Å². The molecule has 2 aliphatic rings. The number of para-hydroxylation sites is 1. The van der Waals surface area contributed by atoms with Gasteiger partial charge in [-0.15, -0.1) is 10.2 Å². The van der Waals surface area contributed by atoms with Crippen molar-refractivity contribution in [2.24, 2.45) is 10.8 Å². The number of carbonyl (C=O) groups is 1. The van der Waals surface area contributed by atoms with Crippen LogP contribution in [0.1, 0.15) is 59.3 Å². The molecule has 184 valence electrons. The van der Waals surface area contributed by atoms with Crippen LogP contribution in [-0.2, 0) is 4.79 Å².